The molecule has 1 aromatic heterocycles. The van der Waals surface area contributed by atoms with Crippen LogP contribution in [-0.2, 0) is 0 Å². The lowest BCUT2D eigenvalue weighted by atomic mass is 10.3. The van der Waals surface area contributed by atoms with E-state index in [9.17, 15) is 9.18 Å². The molecule has 0 atom stereocenters. The van der Waals surface area contributed by atoms with Crippen LogP contribution >= 0.6 is 11.6 Å². The number of aromatic carboxylic acids is 1. The molecule has 0 aliphatic carbocycles. The first-order chi connectivity index (χ1) is 7.58. The molecule has 7 heteroatoms. The molecule has 0 saturated heterocycles. The van der Waals surface area contributed by atoms with Gasteiger partial charge in [-0.05, 0) is 12.1 Å². The predicted molar refractivity (Wildman–Crippen MR) is 53.3 cm³/mol. The van der Waals surface area contributed by atoms with Crippen LogP contribution in [0.4, 0.5) is 4.39 Å². The molecule has 0 unspecified atom stereocenters. The Morgan fingerprint density at radius 2 is 2.25 bits per heavy atom. The van der Waals surface area contributed by atoms with Crippen molar-refractivity contribution >= 4 is 17.6 Å². The minimum Gasteiger partial charge on any atom is -0.476 e. The van der Waals surface area contributed by atoms with E-state index in [0.717, 1.165) is 17.1 Å². The molecule has 0 spiro atoms. The Kier molecular flexibility index (Phi) is 2.57. The average molecular weight is 242 g/mol. The van der Waals surface area contributed by atoms with E-state index >= 15 is 0 Å². The maximum atomic E-state index is 13.1. The van der Waals surface area contributed by atoms with Crippen LogP contribution in [0, 0.1) is 5.82 Å². The predicted octanol–water partition coefficient (Wildman–Crippen LogP) is 1.76. The van der Waals surface area contributed by atoms with Crippen LogP contribution in [0.2, 0.25) is 5.02 Å². The van der Waals surface area contributed by atoms with E-state index in [4.69, 9.17) is 16.7 Å². The fourth-order valence-corrected chi connectivity index (χ4v) is 1.21. The van der Waals surface area contributed by atoms with Gasteiger partial charge in [0, 0.05) is 6.07 Å². The highest BCUT2D eigenvalue weighted by molar-refractivity contribution is 6.30. The van der Waals surface area contributed by atoms with Gasteiger partial charge in [0.25, 0.3) is 0 Å². The van der Waals surface area contributed by atoms with E-state index in [1.54, 1.807) is 0 Å². The maximum Gasteiger partial charge on any atom is 0.358 e. The second-order valence-electron chi connectivity index (χ2n) is 2.92. The first-order valence-corrected chi connectivity index (χ1v) is 4.57. The Balaban J connectivity index is 2.42. The third-order valence-corrected chi connectivity index (χ3v) is 2.15. The molecule has 0 amide bonds. The summed E-state index contributed by atoms with van der Waals surface area (Å²) in [6.07, 6.45) is 1.08. The number of benzene rings is 1. The van der Waals surface area contributed by atoms with Crippen LogP contribution in [0.15, 0.2) is 24.4 Å². The molecule has 1 heterocycles. The van der Waals surface area contributed by atoms with Gasteiger partial charge in [0.1, 0.15) is 5.82 Å². The molecule has 5 nitrogen and oxygen atoms in total. The normalized spacial score (nSPS) is 10.4. The summed E-state index contributed by atoms with van der Waals surface area (Å²) in [6, 6.07) is 3.95. The number of aromatic nitrogens is 3. The third kappa shape index (κ3) is 1.87. The summed E-state index contributed by atoms with van der Waals surface area (Å²) >= 11 is 5.50. The molecular formula is C9H5ClFN3O2. The lowest BCUT2D eigenvalue weighted by Crippen LogP contribution is -2.02. The van der Waals surface area contributed by atoms with E-state index < -0.39 is 11.8 Å². The molecule has 2 aromatic rings. The van der Waals surface area contributed by atoms with Gasteiger partial charge in [-0.1, -0.05) is 11.6 Å². The molecule has 16 heavy (non-hydrogen) atoms. The molecule has 0 aliphatic heterocycles. The van der Waals surface area contributed by atoms with Crippen LogP contribution in [0.3, 0.4) is 0 Å². The third-order valence-electron chi connectivity index (χ3n) is 1.85. The summed E-state index contributed by atoms with van der Waals surface area (Å²) in [7, 11) is 0. The van der Waals surface area contributed by atoms with Gasteiger partial charge in [-0.3, -0.25) is 0 Å². The minimum atomic E-state index is -1.19. The van der Waals surface area contributed by atoms with E-state index in [-0.39, 0.29) is 10.7 Å². The van der Waals surface area contributed by atoms with Gasteiger partial charge in [-0.25, -0.2) is 9.18 Å². The summed E-state index contributed by atoms with van der Waals surface area (Å²) in [5, 5.41) is 16.0. The van der Waals surface area contributed by atoms with E-state index in [2.05, 4.69) is 10.2 Å². The Morgan fingerprint density at radius 1 is 1.50 bits per heavy atom. The number of carboxylic acid groups (broad SMARTS) is 1. The topological polar surface area (TPSA) is 68.0 Å². The van der Waals surface area contributed by atoms with Crippen LogP contribution in [0.25, 0.3) is 5.69 Å². The number of carbonyl (C=O) groups is 1. The summed E-state index contributed by atoms with van der Waals surface area (Å²) in [4.78, 5) is 11.6. The molecule has 0 radical (unpaired) electrons. The maximum absolute atomic E-state index is 13.1. The molecule has 2 rings (SSSR count). The number of hydrogen-bond acceptors (Lipinski definition) is 3. The Morgan fingerprint density at radius 3 is 2.81 bits per heavy atom. The summed E-state index contributed by atoms with van der Waals surface area (Å²) in [5.74, 6) is -1.81. The quantitative estimate of drug-likeness (QED) is 0.870. The zero-order chi connectivity index (χ0) is 11.7. The smallest absolute Gasteiger partial charge is 0.358 e. The van der Waals surface area contributed by atoms with Crippen LogP contribution in [0.1, 0.15) is 10.5 Å². The van der Waals surface area contributed by atoms with Crippen LogP contribution in [0.5, 0.6) is 0 Å². The van der Waals surface area contributed by atoms with E-state index in [0.29, 0.717) is 5.69 Å². The van der Waals surface area contributed by atoms with Crippen molar-refractivity contribution in [1.29, 1.82) is 0 Å². The number of nitrogens with zero attached hydrogens (tertiary/aromatic N) is 3. The van der Waals surface area contributed by atoms with Gasteiger partial charge in [-0.2, -0.15) is 9.90 Å². The Labute approximate surface area is 94.1 Å². The van der Waals surface area contributed by atoms with Crippen molar-refractivity contribution < 1.29 is 14.3 Å². The number of rotatable bonds is 2. The lowest BCUT2D eigenvalue weighted by Gasteiger charge is -1.99. The largest absolute Gasteiger partial charge is 0.476 e. The molecule has 0 aliphatic rings. The molecule has 0 saturated carbocycles. The minimum absolute atomic E-state index is 0.0191. The van der Waals surface area contributed by atoms with Crippen molar-refractivity contribution in [3.8, 4) is 5.69 Å². The van der Waals surface area contributed by atoms with Crippen molar-refractivity contribution in [3.63, 3.8) is 0 Å². The highest BCUT2D eigenvalue weighted by atomic mass is 35.5. The molecular weight excluding hydrogens is 237 g/mol. The van der Waals surface area contributed by atoms with Gasteiger partial charge >= 0.3 is 5.97 Å². The summed E-state index contributed by atoms with van der Waals surface area (Å²) in [5.41, 5.74) is 0.0877. The Hall–Kier alpha value is -1.95. The van der Waals surface area contributed by atoms with Crippen LogP contribution < -0.4 is 0 Å². The van der Waals surface area contributed by atoms with Crippen LogP contribution in [-0.4, -0.2) is 26.1 Å². The fraction of sp³-hybridized carbons (Fsp3) is 0. The van der Waals surface area contributed by atoms with Crippen molar-refractivity contribution in [2.75, 3.05) is 0 Å². The standard InChI is InChI=1S/C9H5ClFN3O2/c10-6-2-1-5(3-7(6)11)14-12-4-8(13-14)9(15)16/h1-4H,(H,15,16). The van der Waals surface area contributed by atoms with Gasteiger partial charge < -0.3 is 5.11 Å². The molecule has 0 fully saturated rings. The molecule has 1 N–H and O–H groups in total. The first kappa shape index (κ1) is 10.6. The average Bonchev–Trinajstić information content (AvgIpc) is 2.71. The highest BCUT2D eigenvalue weighted by Crippen LogP contribution is 2.17. The second-order valence-corrected chi connectivity index (χ2v) is 3.33. The van der Waals surface area contributed by atoms with Gasteiger partial charge in [0.15, 0.2) is 5.69 Å². The second kappa shape index (κ2) is 3.90. The van der Waals surface area contributed by atoms with Crippen molar-refractivity contribution in [3.05, 3.63) is 40.9 Å². The molecule has 82 valence electrons. The Bertz CT molecular complexity index is 555. The molecule has 1 aromatic carbocycles. The number of hydrogen-bond donors (Lipinski definition) is 1. The fourth-order valence-electron chi connectivity index (χ4n) is 1.09. The van der Waals surface area contributed by atoms with Crippen molar-refractivity contribution in [2.45, 2.75) is 0 Å². The summed E-state index contributed by atoms with van der Waals surface area (Å²) < 4.78 is 13.1. The monoisotopic (exact) mass is 241 g/mol. The van der Waals surface area contributed by atoms with Crippen molar-refractivity contribution in [2.24, 2.45) is 0 Å². The van der Waals surface area contributed by atoms with E-state index in [1.807, 2.05) is 0 Å². The lowest BCUT2D eigenvalue weighted by molar-refractivity contribution is 0.0690. The molecule has 0 bridgehead atoms. The van der Waals surface area contributed by atoms with Crippen molar-refractivity contribution in [1.82, 2.24) is 15.0 Å². The zero-order valence-corrected chi connectivity index (χ0v) is 8.52. The van der Waals surface area contributed by atoms with E-state index in [1.165, 1.54) is 12.1 Å². The SMILES string of the molecule is O=C(O)c1cnn(-c2ccc(Cl)c(F)c2)n1. The first-order valence-electron chi connectivity index (χ1n) is 4.19. The summed E-state index contributed by atoms with van der Waals surface area (Å²) in [6.45, 7) is 0. The zero-order valence-electron chi connectivity index (χ0n) is 7.76. The van der Waals surface area contributed by atoms with Gasteiger partial charge in [0.05, 0.1) is 16.9 Å². The number of halogens is 2. The van der Waals surface area contributed by atoms with Gasteiger partial charge in [-0.15, -0.1) is 5.10 Å². The number of carboxylic acids is 1. The van der Waals surface area contributed by atoms with Gasteiger partial charge in [0.2, 0.25) is 0 Å². The highest BCUT2D eigenvalue weighted by Gasteiger charge is 2.10.